The first-order valence-electron chi connectivity index (χ1n) is 10.5. The maximum Gasteiger partial charge on any atom is 0.0481 e. The Morgan fingerprint density at radius 2 is 1.72 bits per heavy atom. The zero-order chi connectivity index (χ0) is 16.9. The second kappa shape index (κ2) is 6.37. The highest BCUT2D eigenvalue weighted by Gasteiger charge is 2.49. The van der Waals surface area contributed by atoms with Crippen molar-refractivity contribution in [1.82, 2.24) is 15.1 Å². The fourth-order valence-electron chi connectivity index (χ4n) is 5.77. The van der Waals surface area contributed by atoms with Gasteiger partial charge in [-0.15, -0.1) is 0 Å². The number of hydrogen-bond acceptors (Lipinski definition) is 3. The maximum absolute atomic E-state index is 3.55. The highest BCUT2D eigenvalue weighted by Crippen LogP contribution is 2.52. The Bertz CT molecular complexity index is 609. The third kappa shape index (κ3) is 3.05. The summed E-state index contributed by atoms with van der Waals surface area (Å²) in [6.45, 7) is 6.16. The van der Waals surface area contributed by atoms with Crippen molar-refractivity contribution in [2.75, 3.05) is 39.8 Å². The van der Waals surface area contributed by atoms with Gasteiger partial charge in [0.05, 0.1) is 0 Å². The summed E-state index contributed by atoms with van der Waals surface area (Å²) in [6, 6.07) is 10.8. The lowest BCUT2D eigenvalue weighted by molar-refractivity contribution is -0.0607. The predicted octanol–water partition coefficient (Wildman–Crippen LogP) is 3.38. The molecule has 4 fully saturated rings. The highest BCUT2D eigenvalue weighted by molar-refractivity contribution is 5.36. The van der Waals surface area contributed by atoms with E-state index in [1.807, 2.05) is 0 Å². The van der Waals surface area contributed by atoms with E-state index in [0.29, 0.717) is 11.5 Å². The Hall–Kier alpha value is -0.900. The Morgan fingerprint density at radius 1 is 1.00 bits per heavy atom. The van der Waals surface area contributed by atoms with Crippen LogP contribution in [0.4, 0.5) is 0 Å². The fourth-order valence-corrected chi connectivity index (χ4v) is 5.77. The number of piperidine rings is 1. The number of benzene rings is 1. The molecule has 1 unspecified atom stereocenters. The van der Waals surface area contributed by atoms with Gasteiger partial charge in [-0.1, -0.05) is 24.3 Å². The molecule has 2 saturated carbocycles. The molecule has 136 valence electrons. The van der Waals surface area contributed by atoms with Crippen LogP contribution in [0.3, 0.4) is 0 Å². The quantitative estimate of drug-likeness (QED) is 0.911. The largest absolute Gasteiger partial charge is 0.317 e. The molecule has 0 bridgehead atoms. The Morgan fingerprint density at radius 3 is 2.44 bits per heavy atom. The van der Waals surface area contributed by atoms with Crippen LogP contribution in [0.5, 0.6) is 0 Å². The van der Waals surface area contributed by atoms with Gasteiger partial charge in [0, 0.05) is 31.7 Å². The summed E-state index contributed by atoms with van der Waals surface area (Å²) in [7, 11) is 2.30. The number of nitrogens with zero attached hydrogens (tertiary/aromatic N) is 2. The standard InChI is InChI=1S/C22H33N3/c1-24-12-13-25(18-14-22(15-18)8-10-23-11-9-22)21(16-24)20-5-3-2-4-19(20)17-6-7-17/h2-5,17-18,21,23H,6-16H2,1H3. The van der Waals surface area contributed by atoms with Crippen LogP contribution >= 0.6 is 0 Å². The molecular weight excluding hydrogens is 306 g/mol. The zero-order valence-electron chi connectivity index (χ0n) is 15.7. The molecule has 3 nitrogen and oxygen atoms in total. The van der Waals surface area contributed by atoms with Crippen LogP contribution in [0.2, 0.25) is 0 Å². The average molecular weight is 340 g/mol. The van der Waals surface area contributed by atoms with E-state index in [4.69, 9.17) is 0 Å². The van der Waals surface area contributed by atoms with Crippen molar-refractivity contribution in [1.29, 1.82) is 0 Å². The molecule has 2 heterocycles. The molecule has 0 radical (unpaired) electrons. The molecule has 0 amide bonds. The van der Waals surface area contributed by atoms with Gasteiger partial charge in [0.15, 0.2) is 0 Å². The van der Waals surface area contributed by atoms with Crippen LogP contribution in [0, 0.1) is 5.41 Å². The van der Waals surface area contributed by atoms with Gasteiger partial charge in [0.2, 0.25) is 0 Å². The summed E-state index contributed by atoms with van der Waals surface area (Å²) in [6.07, 6.45) is 8.50. The van der Waals surface area contributed by atoms with E-state index >= 15 is 0 Å². The molecule has 2 aliphatic carbocycles. The second-order valence-corrected chi connectivity index (χ2v) is 9.23. The molecule has 0 aromatic heterocycles. The van der Waals surface area contributed by atoms with Gasteiger partial charge >= 0.3 is 0 Å². The maximum atomic E-state index is 3.55. The number of hydrogen-bond donors (Lipinski definition) is 1. The fraction of sp³-hybridized carbons (Fsp3) is 0.727. The molecular formula is C22H33N3. The van der Waals surface area contributed by atoms with Crippen LogP contribution in [0.1, 0.15) is 61.6 Å². The summed E-state index contributed by atoms with van der Waals surface area (Å²) in [4.78, 5) is 5.44. The van der Waals surface area contributed by atoms with E-state index in [0.717, 1.165) is 12.0 Å². The smallest absolute Gasteiger partial charge is 0.0481 e. The van der Waals surface area contributed by atoms with Crippen molar-refractivity contribution in [2.45, 2.75) is 56.5 Å². The van der Waals surface area contributed by atoms with Crippen molar-refractivity contribution in [3.63, 3.8) is 0 Å². The van der Waals surface area contributed by atoms with Gasteiger partial charge in [-0.2, -0.15) is 0 Å². The SMILES string of the molecule is CN1CCN(C2CC3(CCNCC3)C2)C(c2ccccc2C2CC2)C1. The monoisotopic (exact) mass is 339 g/mol. The first-order chi connectivity index (χ1) is 12.2. The van der Waals surface area contributed by atoms with Gasteiger partial charge in [0.1, 0.15) is 0 Å². The third-order valence-corrected chi connectivity index (χ3v) is 7.47. The summed E-state index contributed by atoms with van der Waals surface area (Å²) < 4.78 is 0. The van der Waals surface area contributed by atoms with Crippen LogP contribution in [0.15, 0.2) is 24.3 Å². The summed E-state index contributed by atoms with van der Waals surface area (Å²) in [5.74, 6) is 0.849. The topological polar surface area (TPSA) is 18.5 Å². The average Bonchev–Trinajstić information content (AvgIpc) is 3.45. The number of nitrogens with one attached hydrogen (secondary N) is 1. The van der Waals surface area contributed by atoms with Gasteiger partial charge in [0.25, 0.3) is 0 Å². The lowest BCUT2D eigenvalue weighted by atomic mass is 9.60. The first-order valence-corrected chi connectivity index (χ1v) is 10.5. The van der Waals surface area contributed by atoms with Gasteiger partial charge in [-0.25, -0.2) is 0 Å². The van der Waals surface area contributed by atoms with Crippen LogP contribution < -0.4 is 5.32 Å². The third-order valence-electron chi connectivity index (χ3n) is 7.47. The van der Waals surface area contributed by atoms with Crippen molar-refractivity contribution < 1.29 is 0 Å². The molecule has 25 heavy (non-hydrogen) atoms. The van der Waals surface area contributed by atoms with E-state index in [1.54, 1.807) is 11.1 Å². The molecule has 2 aliphatic heterocycles. The molecule has 5 rings (SSSR count). The van der Waals surface area contributed by atoms with E-state index in [1.165, 1.54) is 71.2 Å². The van der Waals surface area contributed by atoms with Crippen molar-refractivity contribution in [3.05, 3.63) is 35.4 Å². The minimum absolute atomic E-state index is 0.611. The Balaban J connectivity index is 1.37. The molecule has 1 spiro atoms. The predicted molar refractivity (Wildman–Crippen MR) is 103 cm³/mol. The minimum Gasteiger partial charge on any atom is -0.317 e. The Kier molecular flexibility index (Phi) is 4.15. The summed E-state index contributed by atoms with van der Waals surface area (Å²) in [5, 5.41) is 3.55. The Labute approximate surface area is 152 Å². The molecule has 1 N–H and O–H groups in total. The summed E-state index contributed by atoms with van der Waals surface area (Å²) >= 11 is 0. The second-order valence-electron chi connectivity index (χ2n) is 9.23. The van der Waals surface area contributed by atoms with Gasteiger partial charge in [-0.3, -0.25) is 4.90 Å². The highest BCUT2D eigenvalue weighted by atomic mass is 15.3. The summed E-state index contributed by atoms with van der Waals surface area (Å²) in [5.41, 5.74) is 3.98. The van der Waals surface area contributed by atoms with Crippen molar-refractivity contribution in [3.8, 4) is 0 Å². The molecule has 4 aliphatic rings. The minimum atomic E-state index is 0.611. The van der Waals surface area contributed by atoms with Crippen molar-refractivity contribution in [2.24, 2.45) is 5.41 Å². The number of rotatable bonds is 3. The molecule has 2 saturated heterocycles. The first kappa shape index (κ1) is 16.3. The van der Waals surface area contributed by atoms with Crippen molar-refractivity contribution >= 4 is 0 Å². The van der Waals surface area contributed by atoms with Crippen LogP contribution in [-0.4, -0.2) is 55.6 Å². The molecule has 3 heteroatoms. The van der Waals surface area contributed by atoms with Gasteiger partial charge < -0.3 is 10.2 Å². The molecule has 1 aromatic carbocycles. The van der Waals surface area contributed by atoms with E-state index < -0.39 is 0 Å². The number of piperazine rings is 1. The van der Waals surface area contributed by atoms with Gasteiger partial charge in [-0.05, 0) is 81.1 Å². The molecule has 1 atom stereocenters. The zero-order valence-corrected chi connectivity index (χ0v) is 15.7. The molecule has 1 aromatic rings. The number of likely N-dealkylation sites (N-methyl/N-ethyl adjacent to an activating group) is 1. The van der Waals surface area contributed by atoms with Crippen LogP contribution in [0.25, 0.3) is 0 Å². The van der Waals surface area contributed by atoms with E-state index in [-0.39, 0.29) is 0 Å². The normalized spacial score (nSPS) is 31.2. The van der Waals surface area contributed by atoms with E-state index in [9.17, 15) is 0 Å². The lowest BCUT2D eigenvalue weighted by Crippen LogP contribution is -2.59. The van der Waals surface area contributed by atoms with Crippen LogP contribution in [-0.2, 0) is 0 Å². The van der Waals surface area contributed by atoms with E-state index in [2.05, 4.69) is 46.4 Å². The lowest BCUT2D eigenvalue weighted by Gasteiger charge is -2.57.